The molecule has 0 saturated carbocycles. The van der Waals surface area contributed by atoms with E-state index in [1.54, 1.807) is 26.6 Å². The fraction of sp³-hybridized carbons (Fsp3) is 0.625. The first-order valence-corrected chi connectivity index (χ1v) is 7.55. The predicted molar refractivity (Wildman–Crippen MR) is 83.4 cm³/mol. The Morgan fingerprint density at radius 3 is 2.91 bits per heavy atom. The molecule has 2 atom stereocenters. The van der Waals surface area contributed by atoms with Crippen LogP contribution in [0.15, 0.2) is 24.5 Å². The second kappa shape index (κ2) is 8.22. The molecule has 6 heteroatoms. The van der Waals surface area contributed by atoms with Gasteiger partial charge in [0.1, 0.15) is 0 Å². The molecule has 0 bridgehead atoms. The molecule has 1 aromatic rings. The first-order chi connectivity index (χ1) is 10.7. The molecule has 1 fully saturated rings. The van der Waals surface area contributed by atoms with Crippen molar-refractivity contribution in [2.45, 2.75) is 25.1 Å². The number of methoxy groups -OCH3 is 2. The lowest BCUT2D eigenvalue weighted by molar-refractivity contribution is -0.137. The molecule has 0 aliphatic carbocycles. The van der Waals surface area contributed by atoms with Crippen LogP contribution in [0.5, 0.6) is 0 Å². The number of amides is 1. The summed E-state index contributed by atoms with van der Waals surface area (Å²) in [6.07, 6.45) is 4.39. The van der Waals surface area contributed by atoms with Gasteiger partial charge < -0.3 is 14.4 Å². The van der Waals surface area contributed by atoms with Crippen molar-refractivity contribution in [1.29, 1.82) is 0 Å². The topological polar surface area (TPSA) is 54.9 Å². The summed E-state index contributed by atoms with van der Waals surface area (Å²) in [6.45, 7) is 2.44. The van der Waals surface area contributed by atoms with Gasteiger partial charge in [0.15, 0.2) is 0 Å². The minimum absolute atomic E-state index is 0.126. The van der Waals surface area contributed by atoms with Gasteiger partial charge in [0.2, 0.25) is 5.91 Å². The summed E-state index contributed by atoms with van der Waals surface area (Å²) < 4.78 is 10.5. The Labute approximate surface area is 132 Å². The Balaban J connectivity index is 2.05. The second-order valence-corrected chi connectivity index (χ2v) is 5.66. The Kier molecular flexibility index (Phi) is 6.30. The third kappa shape index (κ3) is 4.25. The Hall–Kier alpha value is -1.50. The number of pyridine rings is 1. The molecule has 0 aromatic carbocycles. The number of likely N-dealkylation sites (tertiary alicyclic amines) is 1. The predicted octanol–water partition coefficient (Wildman–Crippen LogP) is 0.776. The number of nitrogens with zero attached hydrogens (tertiary/aromatic N) is 3. The SMILES string of the molecule is COCCN(Cc1cccnc1)C(=O)[C@@H]1C[C@H](OC)CN1C. The van der Waals surface area contributed by atoms with Crippen LogP contribution in [-0.2, 0) is 20.8 Å². The van der Waals surface area contributed by atoms with E-state index >= 15 is 0 Å². The van der Waals surface area contributed by atoms with E-state index in [4.69, 9.17) is 9.47 Å². The van der Waals surface area contributed by atoms with Crippen LogP contribution >= 0.6 is 0 Å². The Morgan fingerprint density at radius 2 is 2.32 bits per heavy atom. The van der Waals surface area contributed by atoms with Crippen LogP contribution in [0.3, 0.4) is 0 Å². The highest BCUT2D eigenvalue weighted by molar-refractivity contribution is 5.82. The average molecular weight is 307 g/mol. The molecule has 1 saturated heterocycles. The van der Waals surface area contributed by atoms with E-state index in [0.29, 0.717) is 19.7 Å². The van der Waals surface area contributed by atoms with E-state index in [9.17, 15) is 4.79 Å². The van der Waals surface area contributed by atoms with E-state index < -0.39 is 0 Å². The maximum atomic E-state index is 12.9. The molecule has 1 aromatic heterocycles. The standard InChI is InChI=1S/C16H25N3O3/c1-18-12-14(22-3)9-15(18)16(20)19(7-8-21-2)11-13-5-4-6-17-10-13/h4-6,10,14-15H,7-9,11-12H2,1-3H3/t14-,15-/m0/s1. The molecule has 2 rings (SSSR count). The van der Waals surface area contributed by atoms with Crippen LogP contribution in [0.25, 0.3) is 0 Å². The molecule has 1 aliphatic heterocycles. The number of ether oxygens (including phenoxy) is 2. The van der Waals surface area contributed by atoms with Crippen LogP contribution in [0, 0.1) is 0 Å². The van der Waals surface area contributed by atoms with E-state index in [0.717, 1.165) is 18.5 Å². The molecule has 0 unspecified atom stereocenters. The van der Waals surface area contributed by atoms with Crippen molar-refractivity contribution >= 4 is 5.91 Å². The molecule has 1 aliphatic rings. The van der Waals surface area contributed by atoms with Crippen molar-refractivity contribution in [3.05, 3.63) is 30.1 Å². The first kappa shape index (κ1) is 16.9. The largest absolute Gasteiger partial charge is 0.383 e. The lowest BCUT2D eigenvalue weighted by Crippen LogP contribution is -2.45. The third-order valence-electron chi connectivity index (χ3n) is 4.10. The van der Waals surface area contributed by atoms with Crippen molar-refractivity contribution in [1.82, 2.24) is 14.8 Å². The molecule has 122 valence electrons. The van der Waals surface area contributed by atoms with Gasteiger partial charge in [-0.1, -0.05) is 6.07 Å². The zero-order chi connectivity index (χ0) is 15.9. The molecule has 6 nitrogen and oxygen atoms in total. The molecule has 1 amide bonds. The highest BCUT2D eigenvalue weighted by atomic mass is 16.5. The van der Waals surface area contributed by atoms with Gasteiger partial charge in [-0.05, 0) is 25.1 Å². The summed E-state index contributed by atoms with van der Waals surface area (Å²) in [5.41, 5.74) is 1.02. The first-order valence-electron chi connectivity index (χ1n) is 7.55. The zero-order valence-electron chi connectivity index (χ0n) is 13.6. The van der Waals surface area contributed by atoms with Crippen molar-refractivity contribution in [2.24, 2.45) is 0 Å². The fourth-order valence-corrected chi connectivity index (χ4v) is 2.80. The summed E-state index contributed by atoms with van der Waals surface area (Å²) >= 11 is 0. The van der Waals surface area contributed by atoms with Gasteiger partial charge in [-0.15, -0.1) is 0 Å². The minimum Gasteiger partial charge on any atom is -0.383 e. The summed E-state index contributed by atoms with van der Waals surface area (Å²) in [4.78, 5) is 20.9. The average Bonchev–Trinajstić information content (AvgIpc) is 2.92. The smallest absolute Gasteiger partial charge is 0.240 e. The summed E-state index contributed by atoms with van der Waals surface area (Å²) in [5, 5.41) is 0. The maximum Gasteiger partial charge on any atom is 0.240 e. The van der Waals surface area contributed by atoms with E-state index in [2.05, 4.69) is 9.88 Å². The van der Waals surface area contributed by atoms with Crippen LogP contribution < -0.4 is 0 Å². The van der Waals surface area contributed by atoms with Crippen molar-refractivity contribution < 1.29 is 14.3 Å². The van der Waals surface area contributed by atoms with E-state index in [-0.39, 0.29) is 18.1 Å². The fourth-order valence-electron chi connectivity index (χ4n) is 2.80. The highest BCUT2D eigenvalue weighted by Crippen LogP contribution is 2.20. The van der Waals surface area contributed by atoms with Crippen LogP contribution in [0.1, 0.15) is 12.0 Å². The van der Waals surface area contributed by atoms with Crippen molar-refractivity contribution in [2.75, 3.05) is 41.0 Å². The monoisotopic (exact) mass is 307 g/mol. The molecule has 0 N–H and O–H groups in total. The number of hydrogen-bond acceptors (Lipinski definition) is 5. The molecule has 2 heterocycles. The molecule has 22 heavy (non-hydrogen) atoms. The van der Waals surface area contributed by atoms with Gasteiger partial charge in [-0.2, -0.15) is 0 Å². The molecule has 0 spiro atoms. The Morgan fingerprint density at radius 1 is 1.50 bits per heavy atom. The summed E-state index contributed by atoms with van der Waals surface area (Å²) in [6, 6.07) is 3.74. The molecule has 0 radical (unpaired) electrons. The number of likely N-dealkylation sites (N-methyl/N-ethyl adjacent to an activating group) is 1. The van der Waals surface area contributed by atoms with Gasteiger partial charge in [0, 0.05) is 46.2 Å². The van der Waals surface area contributed by atoms with Gasteiger partial charge in [0.05, 0.1) is 18.8 Å². The maximum absolute atomic E-state index is 12.9. The van der Waals surface area contributed by atoms with Crippen molar-refractivity contribution in [3.8, 4) is 0 Å². The number of rotatable bonds is 7. The van der Waals surface area contributed by atoms with Gasteiger partial charge >= 0.3 is 0 Å². The summed E-state index contributed by atoms with van der Waals surface area (Å²) in [5.74, 6) is 0.128. The van der Waals surface area contributed by atoms with Crippen molar-refractivity contribution in [3.63, 3.8) is 0 Å². The number of hydrogen-bond donors (Lipinski definition) is 0. The molecular formula is C16H25N3O3. The lowest BCUT2D eigenvalue weighted by Gasteiger charge is -2.28. The Bertz CT molecular complexity index is 469. The third-order valence-corrected chi connectivity index (χ3v) is 4.10. The number of carbonyl (C=O) groups is 1. The lowest BCUT2D eigenvalue weighted by atomic mass is 10.1. The molecular weight excluding hydrogens is 282 g/mol. The second-order valence-electron chi connectivity index (χ2n) is 5.66. The van der Waals surface area contributed by atoms with Gasteiger partial charge in [0.25, 0.3) is 0 Å². The van der Waals surface area contributed by atoms with Crippen LogP contribution in [0.4, 0.5) is 0 Å². The number of aromatic nitrogens is 1. The van der Waals surface area contributed by atoms with Gasteiger partial charge in [-0.25, -0.2) is 0 Å². The minimum atomic E-state index is -0.126. The van der Waals surface area contributed by atoms with Gasteiger partial charge in [-0.3, -0.25) is 14.7 Å². The highest BCUT2D eigenvalue weighted by Gasteiger charge is 2.36. The number of carbonyl (C=O) groups excluding carboxylic acids is 1. The van der Waals surface area contributed by atoms with Crippen LogP contribution in [-0.4, -0.2) is 73.8 Å². The van der Waals surface area contributed by atoms with E-state index in [1.807, 2.05) is 24.1 Å². The van der Waals surface area contributed by atoms with Crippen LogP contribution in [0.2, 0.25) is 0 Å². The quantitative estimate of drug-likeness (QED) is 0.745. The normalized spacial score (nSPS) is 22.0. The van der Waals surface area contributed by atoms with E-state index in [1.165, 1.54) is 0 Å². The summed E-state index contributed by atoms with van der Waals surface area (Å²) in [7, 11) is 5.32. The zero-order valence-corrected chi connectivity index (χ0v) is 13.6.